The summed E-state index contributed by atoms with van der Waals surface area (Å²) < 4.78 is 0. The van der Waals surface area contributed by atoms with E-state index in [9.17, 15) is 72.2 Å². The van der Waals surface area contributed by atoms with E-state index in [4.69, 9.17) is 57.3 Å². The molecule has 0 radical (unpaired) electrons. The van der Waals surface area contributed by atoms with Crippen LogP contribution in [0.3, 0.4) is 0 Å². The largest absolute Gasteiger partial charge is 0.394 e. The summed E-state index contributed by atoms with van der Waals surface area (Å²) in [7, 11) is 0. The topological polar surface area (TPSA) is 737 Å². The van der Waals surface area contributed by atoms with Crippen molar-refractivity contribution in [2.24, 2.45) is 67.3 Å². The predicted octanol–water partition coefficient (Wildman–Crippen LogP) is -15.4. The summed E-state index contributed by atoms with van der Waals surface area (Å²) in [5, 5.41) is 48.1. The van der Waals surface area contributed by atoms with Gasteiger partial charge >= 0.3 is 12.1 Å². The summed E-state index contributed by atoms with van der Waals surface area (Å²) in [5.41, 5.74) is 55.2. The van der Waals surface area contributed by atoms with Crippen molar-refractivity contribution in [3.8, 4) is 0 Å². The van der Waals surface area contributed by atoms with E-state index >= 15 is 0 Å². The molecule has 12 atom stereocenters. The number of nitrogens with two attached hydrogens (primary N) is 10. The number of urea groups is 2. The van der Waals surface area contributed by atoms with Crippen LogP contribution in [0.15, 0.2) is 33.8 Å². The summed E-state index contributed by atoms with van der Waals surface area (Å²) in [6, 6.07) is -16.3. The van der Waals surface area contributed by atoms with E-state index < -0.39 is 193 Å². The van der Waals surface area contributed by atoms with Crippen LogP contribution in [0, 0.1) is 0 Å². The maximum absolute atomic E-state index is 13.5. The number of aliphatic hydroxyl groups excluding tert-OH is 1. The number of rotatable bonds is 19. The molecule has 0 aromatic rings. The van der Waals surface area contributed by atoms with Gasteiger partial charge in [0.2, 0.25) is 59.1 Å². The smallest absolute Gasteiger partial charge is 0.316 e. The molecule has 4 aliphatic heterocycles. The zero-order chi connectivity index (χ0) is 69.5. The number of aliphatic hydroxyl groups is 1. The normalized spacial score (nSPS) is 26.5. The molecule has 0 unspecified atom stereocenters. The minimum atomic E-state index is -1.63. The lowest BCUT2D eigenvalue weighted by molar-refractivity contribution is -0.134. The van der Waals surface area contributed by atoms with Crippen LogP contribution in [-0.4, -0.2) is 231 Å². The van der Waals surface area contributed by atoms with Crippen LogP contribution in [0.25, 0.3) is 0 Å². The van der Waals surface area contributed by atoms with Crippen LogP contribution in [0.5, 0.6) is 0 Å². The molecule has 93 heavy (non-hydrogen) atoms. The molecule has 2 saturated heterocycles. The maximum atomic E-state index is 13.5. The summed E-state index contributed by atoms with van der Waals surface area (Å²) in [6.45, 7) is -0.284. The number of nitrogens with one attached hydrogen (secondary N) is 16. The summed E-state index contributed by atoms with van der Waals surface area (Å²) >= 11 is 0. The molecule has 37 N–H and O–H groups in total. The standard InChI is InChI=1S/C25H44N14O8.C25H44N14O7/c26-4-1-2-11(27)6-17(41)32-8-14-20(43)35-15(9-34-25(30)47)21(44)39-18(13-3-5-31-24(29)38-13)23(46)33-7-12(28)19(42)37-16(10-40)22(45)36-14;1-11-19(41)36-15(9-32-17(40)7-12(27)3-2-5-26)21(43)37-16(10-34-25(30)46)22(44)39-18(14-4-6-31-24(29)38-14)23(45)33-8-13(28)20(42)35-11/h9,11-14,16,18,40H,1-8,10,26-28H2,(H,32,41)(H,33,46)(H,35,43)(H,36,45)(H,37,42)(H,39,44)(H3,29,31,38)(H3,30,34,47);10-15,18H,2-9,26-28H2,1H3,(H,32,40)(H,33,45)(H,35,42)(H,36,41)(H,37,43)(H,39,44)(H3,29,31,38)(H3,30,34,46)/b15-9-;16-10-/t11-,12-,13+,14-,16-,18-;11-,12-,13-,14+,15-,18-/m00/s1. The van der Waals surface area contributed by atoms with Crippen LogP contribution in [0.4, 0.5) is 9.59 Å². The highest BCUT2D eigenvalue weighted by Gasteiger charge is 2.38. The second-order valence-corrected chi connectivity index (χ2v) is 21.3. The second-order valence-electron chi connectivity index (χ2n) is 21.3. The van der Waals surface area contributed by atoms with E-state index in [2.05, 4.69) is 89.7 Å². The predicted molar refractivity (Wildman–Crippen MR) is 328 cm³/mol. The van der Waals surface area contributed by atoms with Crippen molar-refractivity contribution in [1.82, 2.24) is 85.1 Å². The number of carbonyl (C=O) groups is 14. The van der Waals surface area contributed by atoms with Gasteiger partial charge in [0.05, 0.1) is 18.7 Å². The number of guanidine groups is 2. The molecular formula is C50H88N28O15. The van der Waals surface area contributed by atoms with E-state index in [1.807, 2.05) is 5.32 Å². The third-order valence-electron chi connectivity index (χ3n) is 13.7. The molecule has 0 spiro atoms. The van der Waals surface area contributed by atoms with Crippen molar-refractivity contribution < 1.29 is 72.2 Å². The molecule has 0 saturated carbocycles. The number of aliphatic imine (C=N–C) groups is 2. The molecule has 4 heterocycles. The molecule has 0 bridgehead atoms. The first-order chi connectivity index (χ1) is 44.0. The van der Waals surface area contributed by atoms with Crippen molar-refractivity contribution in [3.63, 3.8) is 0 Å². The lowest BCUT2D eigenvalue weighted by Gasteiger charge is -2.31. The Kier molecular flexibility index (Phi) is 32.6. The van der Waals surface area contributed by atoms with Gasteiger partial charge < -0.3 is 148 Å². The van der Waals surface area contributed by atoms with Crippen LogP contribution in [0.2, 0.25) is 0 Å². The average molecular weight is 1320 g/mol. The first kappa shape index (κ1) is 77.2. The van der Waals surface area contributed by atoms with Gasteiger partial charge in [-0.25, -0.2) is 9.59 Å². The number of carbonyl (C=O) groups excluding carboxylic acids is 14. The summed E-state index contributed by atoms with van der Waals surface area (Å²) in [6.07, 6.45) is 3.86. The van der Waals surface area contributed by atoms with Crippen molar-refractivity contribution in [2.75, 3.05) is 59.0 Å². The molecule has 0 aromatic heterocycles. The molecule has 43 nitrogen and oxygen atoms in total. The molecule has 2 fully saturated rings. The number of hydrogen-bond donors (Lipinski definition) is 27. The Balaban J connectivity index is 0.000000485. The zero-order valence-electron chi connectivity index (χ0n) is 50.9. The Morgan fingerprint density at radius 2 is 0.935 bits per heavy atom. The molecule has 0 aromatic carbocycles. The van der Waals surface area contributed by atoms with Gasteiger partial charge in [-0.1, -0.05) is 0 Å². The maximum Gasteiger partial charge on any atom is 0.316 e. The fraction of sp³-hybridized carbons (Fsp3) is 0.600. The molecule has 0 aliphatic carbocycles. The van der Waals surface area contributed by atoms with Gasteiger partial charge in [-0.3, -0.25) is 67.5 Å². The third-order valence-corrected chi connectivity index (χ3v) is 13.7. The molecule has 518 valence electrons. The average Bonchev–Trinajstić information content (AvgIpc) is 0.943. The zero-order valence-corrected chi connectivity index (χ0v) is 50.9. The van der Waals surface area contributed by atoms with E-state index in [1.165, 1.54) is 6.92 Å². The van der Waals surface area contributed by atoms with E-state index in [-0.39, 0.29) is 57.2 Å². The minimum absolute atomic E-state index is 0.0101. The third kappa shape index (κ3) is 27.5. The van der Waals surface area contributed by atoms with Crippen LogP contribution >= 0.6 is 0 Å². The van der Waals surface area contributed by atoms with Gasteiger partial charge in [0.15, 0.2) is 11.9 Å². The monoisotopic (exact) mass is 1320 g/mol. The molecule has 16 amide bonds. The highest BCUT2D eigenvalue weighted by Crippen LogP contribution is 2.10. The molecule has 43 heteroatoms. The fourth-order valence-corrected chi connectivity index (χ4v) is 8.63. The Hall–Kier alpha value is -10.1. The van der Waals surface area contributed by atoms with Gasteiger partial charge in [-0.15, -0.1) is 0 Å². The van der Waals surface area contributed by atoms with Crippen molar-refractivity contribution in [1.29, 1.82) is 0 Å². The van der Waals surface area contributed by atoms with Crippen LogP contribution < -0.4 is 142 Å². The summed E-state index contributed by atoms with van der Waals surface area (Å²) in [4.78, 5) is 188. The first-order valence-corrected chi connectivity index (χ1v) is 29.2. The lowest BCUT2D eigenvalue weighted by Crippen LogP contribution is -2.64. The van der Waals surface area contributed by atoms with E-state index in [0.29, 0.717) is 38.8 Å². The van der Waals surface area contributed by atoms with Gasteiger partial charge in [0.1, 0.15) is 59.7 Å². The molecule has 4 aliphatic rings. The van der Waals surface area contributed by atoms with Gasteiger partial charge in [0.25, 0.3) is 11.8 Å². The highest BCUT2D eigenvalue weighted by atomic mass is 16.3. The SMILES string of the molecule is C[C@@H]1NC(=O)[C@@H](N)CNC(=O)[C@H]([C@H]2CCN=C(N)N2)NC(=O)/C(=C/NC(N)=O)NC(=O)[C@H](CNC(=O)C[C@@H](N)CCCN)NC1=O.NCCC[C@H](N)CC(=O)NC[C@@H]1NC(=O)[C@H](CO)NC(=O)[C@@H](N)CNC(=O)[C@H]([C@H]2CCN=C(N)N2)NC(=O)/C(=C/NC(N)=O)NC1=O. The van der Waals surface area contributed by atoms with Crippen molar-refractivity contribution in [3.05, 3.63) is 23.8 Å². The lowest BCUT2D eigenvalue weighted by atomic mass is 10.0. The van der Waals surface area contributed by atoms with Gasteiger partial charge in [-0.2, -0.15) is 0 Å². The van der Waals surface area contributed by atoms with Crippen LogP contribution in [0.1, 0.15) is 58.3 Å². The second kappa shape index (κ2) is 39.2. The Morgan fingerprint density at radius 3 is 1.31 bits per heavy atom. The number of primary amides is 2. The number of nitrogens with zero attached hydrogens (tertiary/aromatic N) is 2. The minimum Gasteiger partial charge on any atom is -0.394 e. The first-order valence-electron chi connectivity index (χ1n) is 29.2. The van der Waals surface area contributed by atoms with Crippen molar-refractivity contribution >= 4 is 94.9 Å². The van der Waals surface area contributed by atoms with E-state index in [1.54, 1.807) is 0 Å². The Labute approximate surface area is 531 Å². The van der Waals surface area contributed by atoms with E-state index in [0.717, 1.165) is 12.4 Å². The summed E-state index contributed by atoms with van der Waals surface area (Å²) in [5.74, 6) is -10.7. The number of hydrogen-bond acceptors (Lipinski definition) is 27. The highest BCUT2D eigenvalue weighted by molar-refractivity contribution is 6.04. The van der Waals surface area contributed by atoms with Gasteiger partial charge in [-0.05, 0) is 58.5 Å². The van der Waals surface area contributed by atoms with Gasteiger partial charge in [0, 0.05) is 76.6 Å². The van der Waals surface area contributed by atoms with Crippen LogP contribution in [-0.2, 0) is 57.5 Å². The Morgan fingerprint density at radius 1 is 0.548 bits per heavy atom. The van der Waals surface area contributed by atoms with Crippen molar-refractivity contribution in [2.45, 2.75) is 131 Å². The molecule has 4 rings (SSSR count). The Bertz CT molecular complexity index is 2840. The number of amides is 16. The fourth-order valence-electron chi connectivity index (χ4n) is 8.63. The molecular weight excluding hydrogens is 1230 g/mol. The quantitative estimate of drug-likeness (QED) is 0.0534.